The van der Waals surface area contributed by atoms with Crippen molar-refractivity contribution in [3.05, 3.63) is 81.4 Å². The molecule has 4 heterocycles. The van der Waals surface area contributed by atoms with Crippen LogP contribution in [-0.4, -0.2) is 45.3 Å². The lowest BCUT2D eigenvalue weighted by Gasteiger charge is -2.38. The second-order valence-corrected chi connectivity index (χ2v) is 12.1. The Balaban J connectivity index is 1.19. The van der Waals surface area contributed by atoms with Gasteiger partial charge in [0.1, 0.15) is 16.7 Å². The number of halogens is 2. The van der Waals surface area contributed by atoms with Gasteiger partial charge in [0.25, 0.3) is 5.56 Å². The molecule has 0 unspecified atom stereocenters. The lowest BCUT2D eigenvalue weighted by Crippen LogP contribution is -2.41. The fourth-order valence-electron chi connectivity index (χ4n) is 5.58. The third-order valence-corrected chi connectivity index (χ3v) is 9.30. The predicted molar refractivity (Wildman–Crippen MR) is 151 cm³/mol. The number of piperidine rings is 1. The molecule has 6 rings (SSSR count). The van der Waals surface area contributed by atoms with Gasteiger partial charge in [-0.25, -0.2) is 19.3 Å². The smallest absolute Gasteiger partial charge is 0.263 e. The fraction of sp³-hybridized carbons (Fsp3) is 0.379. The molecule has 2 aromatic heterocycles. The highest BCUT2D eigenvalue weighted by atomic mass is 35.5. The van der Waals surface area contributed by atoms with Crippen molar-refractivity contribution >= 4 is 40.1 Å². The summed E-state index contributed by atoms with van der Waals surface area (Å²) in [6.07, 6.45) is 8.66. The van der Waals surface area contributed by atoms with Gasteiger partial charge in [-0.2, -0.15) is 0 Å². The van der Waals surface area contributed by atoms with Gasteiger partial charge < -0.3 is 9.64 Å². The molecule has 2 aromatic carbocycles. The molecule has 0 N–H and O–H groups in total. The van der Waals surface area contributed by atoms with E-state index in [-0.39, 0.29) is 17.9 Å². The molecule has 10 heteroatoms. The molecule has 0 bridgehead atoms. The Morgan fingerprint density at radius 1 is 1.15 bits per heavy atom. The molecular weight excluding hydrogens is 537 g/mol. The number of aromatic nitrogens is 4. The topological polar surface area (TPSA) is 73.1 Å². The van der Waals surface area contributed by atoms with Gasteiger partial charge in [0.15, 0.2) is 0 Å². The zero-order valence-electron chi connectivity index (χ0n) is 21.9. The van der Waals surface area contributed by atoms with Crippen LogP contribution in [0.25, 0.3) is 10.9 Å². The first kappa shape index (κ1) is 26.2. The Morgan fingerprint density at radius 2 is 1.97 bits per heavy atom. The number of benzene rings is 2. The summed E-state index contributed by atoms with van der Waals surface area (Å²) in [5.74, 6) is 0.506. The van der Waals surface area contributed by atoms with E-state index in [1.54, 1.807) is 24.5 Å². The minimum absolute atomic E-state index is 0.0677. The molecule has 2 saturated heterocycles. The van der Waals surface area contributed by atoms with Gasteiger partial charge in [-0.05, 0) is 62.3 Å². The number of nitrogens with zero attached hydrogens (tertiary/aromatic N) is 5. The van der Waals surface area contributed by atoms with Crippen LogP contribution in [0.5, 0.6) is 0 Å². The maximum atomic E-state index is 14.4. The third kappa shape index (κ3) is 5.27. The summed E-state index contributed by atoms with van der Waals surface area (Å²) in [7, 11) is 0. The molecule has 7 nitrogen and oxygen atoms in total. The van der Waals surface area contributed by atoms with E-state index in [1.807, 2.05) is 19.1 Å². The summed E-state index contributed by atoms with van der Waals surface area (Å²) < 4.78 is 21.6. The Morgan fingerprint density at radius 3 is 2.67 bits per heavy atom. The molecule has 2 fully saturated rings. The van der Waals surface area contributed by atoms with Crippen LogP contribution < -0.4 is 10.5 Å². The maximum Gasteiger partial charge on any atom is 0.263 e. The van der Waals surface area contributed by atoms with E-state index in [0.29, 0.717) is 42.9 Å². The van der Waals surface area contributed by atoms with Gasteiger partial charge in [0, 0.05) is 23.5 Å². The van der Waals surface area contributed by atoms with Gasteiger partial charge in [0.05, 0.1) is 53.9 Å². The van der Waals surface area contributed by atoms with Crippen molar-refractivity contribution in [1.82, 2.24) is 19.5 Å². The molecule has 4 aromatic rings. The van der Waals surface area contributed by atoms with Crippen molar-refractivity contribution in [3.8, 4) is 0 Å². The molecule has 0 radical (unpaired) electrons. The number of rotatable bonds is 5. The summed E-state index contributed by atoms with van der Waals surface area (Å²) in [5, 5.41) is 1.28. The minimum Gasteiger partial charge on any atom is -0.378 e. The van der Waals surface area contributed by atoms with E-state index in [1.165, 1.54) is 28.7 Å². The molecule has 39 heavy (non-hydrogen) atoms. The first-order valence-corrected chi connectivity index (χ1v) is 14.3. The number of aryl methyl sites for hydroxylation is 1. The predicted octanol–water partition coefficient (Wildman–Crippen LogP) is 5.88. The molecule has 2 aliphatic heterocycles. The molecule has 0 saturated carbocycles. The van der Waals surface area contributed by atoms with Crippen molar-refractivity contribution in [2.24, 2.45) is 5.41 Å². The van der Waals surface area contributed by atoms with Crippen LogP contribution in [0.4, 0.5) is 10.2 Å². The average Bonchev–Trinajstić information content (AvgIpc) is 3.29. The quantitative estimate of drug-likeness (QED) is 0.299. The zero-order chi connectivity index (χ0) is 27.1. The van der Waals surface area contributed by atoms with Crippen LogP contribution >= 0.6 is 23.4 Å². The minimum atomic E-state index is -0.356. The Hall–Kier alpha value is -3.01. The van der Waals surface area contributed by atoms with Crippen LogP contribution in [0.15, 0.2) is 63.8 Å². The first-order chi connectivity index (χ1) is 18.8. The van der Waals surface area contributed by atoms with Crippen LogP contribution in [0.1, 0.15) is 37.3 Å². The molecule has 1 spiro atoms. The maximum absolute atomic E-state index is 14.4. The SMILES string of the molecule is Cc1ccc(Cn2cnc3ccc(Sc4cnc(N5CCC6(CC5)CO[C@@H](C)C6)cn4)c(Cl)c3c2=O)c(F)c1. The number of fused-ring (bicyclic) bond motifs is 1. The van der Waals surface area contributed by atoms with E-state index in [4.69, 9.17) is 16.3 Å². The number of hydrogen-bond acceptors (Lipinski definition) is 7. The van der Waals surface area contributed by atoms with E-state index < -0.39 is 0 Å². The van der Waals surface area contributed by atoms with E-state index >= 15 is 0 Å². The van der Waals surface area contributed by atoms with Crippen LogP contribution in [-0.2, 0) is 11.3 Å². The standard InChI is InChI=1S/C29H29ClFN5O2S/c1-18-3-4-20(21(31)11-18)15-36-17-34-22-5-6-23(27(30)26(22)28(36)37)39-25-14-32-24(13-33-25)35-9-7-29(8-10-35)12-19(2)38-16-29/h3-6,11,13-14,17,19H,7-10,12,15-16H2,1-2H3/t19-/m0/s1. The molecular formula is C29H29ClFN5O2S. The molecule has 0 aliphatic carbocycles. The summed E-state index contributed by atoms with van der Waals surface area (Å²) in [5.41, 5.74) is 1.71. The van der Waals surface area contributed by atoms with Crippen LogP contribution in [0, 0.1) is 18.2 Å². The summed E-state index contributed by atoms with van der Waals surface area (Å²) in [6.45, 7) is 6.79. The molecule has 1 atom stereocenters. The third-order valence-electron chi connectivity index (χ3n) is 7.82. The lowest BCUT2D eigenvalue weighted by molar-refractivity contribution is 0.0976. The van der Waals surface area contributed by atoms with Crippen molar-refractivity contribution in [2.75, 3.05) is 24.6 Å². The fourth-order valence-corrected chi connectivity index (χ4v) is 6.70. The van der Waals surface area contributed by atoms with Gasteiger partial charge in [-0.3, -0.25) is 9.36 Å². The molecule has 0 amide bonds. The Labute approximate surface area is 235 Å². The second kappa shape index (κ2) is 10.5. The van der Waals surface area contributed by atoms with Crippen molar-refractivity contribution < 1.29 is 9.13 Å². The average molecular weight is 566 g/mol. The van der Waals surface area contributed by atoms with Crippen LogP contribution in [0.2, 0.25) is 5.02 Å². The normalized spacial score (nSPS) is 18.8. The van der Waals surface area contributed by atoms with Crippen LogP contribution in [0.3, 0.4) is 0 Å². The van der Waals surface area contributed by atoms with Crippen molar-refractivity contribution in [2.45, 2.75) is 55.7 Å². The zero-order valence-corrected chi connectivity index (χ0v) is 23.4. The van der Waals surface area contributed by atoms with E-state index in [2.05, 4.69) is 26.8 Å². The highest BCUT2D eigenvalue weighted by Gasteiger charge is 2.41. The summed E-state index contributed by atoms with van der Waals surface area (Å²) in [4.78, 5) is 30.0. The largest absolute Gasteiger partial charge is 0.378 e. The number of hydrogen-bond donors (Lipinski definition) is 0. The molecule has 2 aliphatic rings. The first-order valence-electron chi connectivity index (χ1n) is 13.1. The van der Waals surface area contributed by atoms with Gasteiger partial charge in [-0.1, -0.05) is 35.5 Å². The van der Waals surface area contributed by atoms with Crippen molar-refractivity contribution in [3.63, 3.8) is 0 Å². The summed E-state index contributed by atoms with van der Waals surface area (Å²) in [6, 6.07) is 8.55. The van der Waals surface area contributed by atoms with E-state index in [9.17, 15) is 9.18 Å². The lowest BCUT2D eigenvalue weighted by atomic mass is 9.77. The number of anilines is 1. The highest BCUT2D eigenvalue weighted by molar-refractivity contribution is 7.99. The molecule has 202 valence electrons. The van der Waals surface area contributed by atoms with Gasteiger partial charge in [0.2, 0.25) is 0 Å². The second-order valence-electron chi connectivity index (χ2n) is 10.7. The Kier molecular flexibility index (Phi) is 7.07. The van der Waals surface area contributed by atoms with E-state index in [0.717, 1.165) is 50.3 Å². The van der Waals surface area contributed by atoms with Gasteiger partial charge >= 0.3 is 0 Å². The highest BCUT2D eigenvalue weighted by Crippen LogP contribution is 2.42. The number of ether oxygens (including phenoxy) is 1. The van der Waals surface area contributed by atoms with Gasteiger partial charge in [-0.15, -0.1) is 0 Å². The Bertz CT molecular complexity index is 1590. The monoisotopic (exact) mass is 565 g/mol. The van der Waals surface area contributed by atoms with Crippen molar-refractivity contribution in [1.29, 1.82) is 0 Å². The summed E-state index contributed by atoms with van der Waals surface area (Å²) >= 11 is 8.08.